The second kappa shape index (κ2) is 7.12. The molecule has 0 saturated heterocycles. The molecule has 0 aliphatic heterocycles. The van der Waals surface area contributed by atoms with Crippen LogP contribution in [0.15, 0.2) is 28.8 Å². The molecule has 108 valence electrons. The molecule has 1 unspecified atom stereocenters. The van der Waals surface area contributed by atoms with E-state index in [2.05, 4.69) is 15.5 Å². The van der Waals surface area contributed by atoms with Crippen molar-refractivity contribution in [3.8, 4) is 0 Å². The summed E-state index contributed by atoms with van der Waals surface area (Å²) in [6, 6.07) is 6.51. The molecule has 1 heterocycles. The summed E-state index contributed by atoms with van der Waals surface area (Å²) >= 11 is 0. The molecule has 2 aromatic rings. The van der Waals surface area contributed by atoms with E-state index in [9.17, 15) is 4.39 Å². The summed E-state index contributed by atoms with van der Waals surface area (Å²) in [5.74, 6) is 0.840. The van der Waals surface area contributed by atoms with E-state index in [1.165, 1.54) is 12.1 Å². The largest absolute Gasteiger partial charge is 0.383 e. The van der Waals surface area contributed by atoms with E-state index >= 15 is 0 Å². The van der Waals surface area contributed by atoms with Gasteiger partial charge in [-0.05, 0) is 24.7 Å². The van der Waals surface area contributed by atoms with Crippen molar-refractivity contribution in [1.82, 2.24) is 15.5 Å². The van der Waals surface area contributed by atoms with Crippen LogP contribution in [0, 0.1) is 5.82 Å². The van der Waals surface area contributed by atoms with Crippen LogP contribution in [-0.4, -0.2) is 36.9 Å². The van der Waals surface area contributed by atoms with Crippen LogP contribution >= 0.6 is 0 Å². The van der Waals surface area contributed by atoms with E-state index in [-0.39, 0.29) is 11.9 Å². The van der Waals surface area contributed by atoms with Crippen molar-refractivity contribution in [3.63, 3.8) is 0 Å². The van der Waals surface area contributed by atoms with E-state index in [1.54, 1.807) is 13.2 Å². The zero-order chi connectivity index (χ0) is 14.4. The highest BCUT2D eigenvalue weighted by atomic mass is 19.1. The third kappa shape index (κ3) is 4.11. The molecule has 0 aliphatic carbocycles. The van der Waals surface area contributed by atoms with Crippen LogP contribution in [0.2, 0.25) is 0 Å². The molecular weight excluding hydrogens is 261 g/mol. The second-order valence-corrected chi connectivity index (χ2v) is 4.56. The highest BCUT2D eigenvalue weighted by Gasteiger charge is 2.13. The van der Waals surface area contributed by atoms with E-state index in [4.69, 9.17) is 9.26 Å². The maximum absolute atomic E-state index is 13.1. The van der Waals surface area contributed by atoms with Crippen LogP contribution in [0.25, 0.3) is 0 Å². The number of benzene rings is 1. The zero-order valence-corrected chi connectivity index (χ0v) is 11.6. The topological polar surface area (TPSA) is 60.2 Å². The summed E-state index contributed by atoms with van der Waals surface area (Å²) in [5.41, 5.74) is 0.819. The number of aromatic nitrogens is 2. The molecule has 6 heteroatoms. The lowest BCUT2D eigenvalue weighted by atomic mass is 10.1. The first kappa shape index (κ1) is 14.6. The van der Waals surface area contributed by atoms with E-state index in [0.29, 0.717) is 31.2 Å². The average Bonchev–Trinajstić information content (AvgIpc) is 2.85. The Morgan fingerprint density at radius 3 is 3.00 bits per heavy atom. The Balaban J connectivity index is 1.98. The highest BCUT2D eigenvalue weighted by Crippen LogP contribution is 2.09. The molecule has 20 heavy (non-hydrogen) atoms. The molecule has 5 nitrogen and oxygen atoms in total. The number of hydrogen-bond donors (Lipinski definition) is 1. The molecule has 0 aliphatic rings. The fourth-order valence-corrected chi connectivity index (χ4v) is 1.93. The molecule has 1 atom stereocenters. The van der Waals surface area contributed by atoms with Gasteiger partial charge in [-0.1, -0.05) is 17.3 Å². The number of nitrogens with zero attached hydrogens (tertiary/aromatic N) is 2. The highest BCUT2D eigenvalue weighted by molar-refractivity contribution is 5.19. The fourth-order valence-electron chi connectivity index (χ4n) is 1.93. The Morgan fingerprint density at radius 1 is 1.45 bits per heavy atom. The first-order valence-corrected chi connectivity index (χ1v) is 6.43. The molecule has 0 fully saturated rings. The molecule has 0 saturated carbocycles. The van der Waals surface area contributed by atoms with Crippen LogP contribution in [0.1, 0.15) is 17.3 Å². The number of methoxy groups -OCH3 is 1. The van der Waals surface area contributed by atoms with Gasteiger partial charge in [0.25, 0.3) is 0 Å². The zero-order valence-electron chi connectivity index (χ0n) is 11.6. The number of likely N-dealkylation sites (N-methyl/N-ethyl adjacent to an activating group) is 1. The lowest BCUT2D eigenvalue weighted by molar-refractivity contribution is 0.165. The Hall–Kier alpha value is -1.79. The van der Waals surface area contributed by atoms with Gasteiger partial charge in [0.05, 0.1) is 6.61 Å². The summed E-state index contributed by atoms with van der Waals surface area (Å²) in [5, 5.41) is 7.03. The van der Waals surface area contributed by atoms with Crippen molar-refractivity contribution < 1.29 is 13.7 Å². The minimum atomic E-state index is -0.262. The van der Waals surface area contributed by atoms with Crippen molar-refractivity contribution >= 4 is 0 Å². The van der Waals surface area contributed by atoms with E-state index in [0.717, 1.165) is 5.56 Å². The van der Waals surface area contributed by atoms with Gasteiger partial charge in [0.15, 0.2) is 5.82 Å². The normalized spacial score (nSPS) is 12.6. The number of rotatable bonds is 7. The van der Waals surface area contributed by atoms with Gasteiger partial charge in [0.2, 0.25) is 5.89 Å². The van der Waals surface area contributed by atoms with Crippen molar-refractivity contribution in [2.24, 2.45) is 0 Å². The molecule has 1 aromatic heterocycles. The van der Waals surface area contributed by atoms with Crippen LogP contribution in [0.3, 0.4) is 0 Å². The summed E-state index contributed by atoms with van der Waals surface area (Å²) in [7, 11) is 3.50. The van der Waals surface area contributed by atoms with Gasteiger partial charge >= 0.3 is 0 Å². The van der Waals surface area contributed by atoms with Gasteiger partial charge in [-0.25, -0.2) is 4.39 Å². The monoisotopic (exact) mass is 279 g/mol. The summed E-state index contributed by atoms with van der Waals surface area (Å²) in [6.07, 6.45) is 1.05. The van der Waals surface area contributed by atoms with Gasteiger partial charge in [-0.3, -0.25) is 0 Å². The molecule has 0 amide bonds. The van der Waals surface area contributed by atoms with Crippen molar-refractivity contribution in [3.05, 3.63) is 47.4 Å². The summed E-state index contributed by atoms with van der Waals surface area (Å²) in [6.45, 7) is 0.568. The van der Waals surface area contributed by atoms with Crippen LogP contribution in [0.5, 0.6) is 0 Å². The minimum Gasteiger partial charge on any atom is -0.383 e. The van der Waals surface area contributed by atoms with Crippen LogP contribution in [0.4, 0.5) is 4.39 Å². The Kier molecular flexibility index (Phi) is 5.20. The Bertz CT molecular complexity index is 545. The Morgan fingerprint density at radius 2 is 2.30 bits per heavy atom. The smallest absolute Gasteiger partial charge is 0.228 e. The van der Waals surface area contributed by atoms with Gasteiger partial charge < -0.3 is 14.6 Å². The van der Waals surface area contributed by atoms with Crippen molar-refractivity contribution in [2.45, 2.75) is 18.9 Å². The average molecular weight is 279 g/mol. The van der Waals surface area contributed by atoms with E-state index in [1.807, 2.05) is 13.1 Å². The lowest BCUT2D eigenvalue weighted by Crippen LogP contribution is -2.32. The first-order chi connectivity index (χ1) is 9.71. The molecule has 1 N–H and O–H groups in total. The minimum absolute atomic E-state index is 0.127. The first-order valence-electron chi connectivity index (χ1n) is 6.43. The van der Waals surface area contributed by atoms with Crippen molar-refractivity contribution in [2.75, 3.05) is 20.8 Å². The quantitative estimate of drug-likeness (QED) is 0.833. The Labute approximate surface area is 117 Å². The third-order valence-electron chi connectivity index (χ3n) is 2.96. The SMILES string of the molecule is CNC(COC)Cc1nc(Cc2cccc(F)c2)no1. The van der Waals surface area contributed by atoms with Crippen LogP contribution < -0.4 is 5.32 Å². The van der Waals surface area contributed by atoms with Gasteiger partial charge in [-0.15, -0.1) is 0 Å². The predicted molar refractivity (Wildman–Crippen MR) is 71.9 cm³/mol. The van der Waals surface area contributed by atoms with Gasteiger partial charge in [-0.2, -0.15) is 4.98 Å². The summed E-state index contributed by atoms with van der Waals surface area (Å²) in [4.78, 5) is 4.31. The number of hydrogen-bond acceptors (Lipinski definition) is 5. The number of halogens is 1. The molecule has 0 radical (unpaired) electrons. The standard InChI is InChI=1S/C14H18FN3O2/c1-16-12(9-19-2)8-14-17-13(18-20-14)7-10-4-3-5-11(15)6-10/h3-6,12,16H,7-9H2,1-2H3. The molecule has 2 rings (SSSR count). The van der Waals surface area contributed by atoms with Crippen molar-refractivity contribution in [1.29, 1.82) is 0 Å². The lowest BCUT2D eigenvalue weighted by Gasteiger charge is -2.11. The molecule has 0 spiro atoms. The maximum Gasteiger partial charge on any atom is 0.228 e. The fraction of sp³-hybridized carbons (Fsp3) is 0.429. The number of ether oxygens (including phenoxy) is 1. The van der Waals surface area contributed by atoms with E-state index < -0.39 is 0 Å². The molecular formula is C14H18FN3O2. The summed E-state index contributed by atoms with van der Waals surface area (Å²) < 4.78 is 23.4. The predicted octanol–water partition coefficient (Wildman–Crippen LogP) is 1.58. The van der Waals surface area contributed by atoms with Crippen LogP contribution in [-0.2, 0) is 17.6 Å². The third-order valence-corrected chi connectivity index (χ3v) is 2.96. The van der Waals surface area contributed by atoms with Gasteiger partial charge in [0.1, 0.15) is 5.82 Å². The number of nitrogens with one attached hydrogen (secondary N) is 1. The van der Waals surface area contributed by atoms with Gasteiger partial charge in [0, 0.05) is 26.0 Å². The molecule has 0 bridgehead atoms. The second-order valence-electron chi connectivity index (χ2n) is 4.56. The molecule has 1 aromatic carbocycles. The maximum atomic E-state index is 13.1.